The van der Waals surface area contributed by atoms with Crippen LogP contribution >= 0.6 is 0 Å². The van der Waals surface area contributed by atoms with Crippen molar-refractivity contribution in [2.24, 2.45) is 0 Å². The van der Waals surface area contributed by atoms with Crippen molar-refractivity contribution >= 4 is 17.7 Å². The highest BCUT2D eigenvalue weighted by Gasteiger charge is 2.28. The van der Waals surface area contributed by atoms with Crippen LogP contribution in [-0.4, -0.2) is 22.2 Å². The van der Waals surface area contributed by atoms with Gasteiger partial charge >= 0.3 is 12.1 Å². The molecular formula is C26H28N2O5. The summed E-state index contributed by atoms with van der Waals surface area (Å²) in [5.41, 5.74) is 0.470. The molecule has 3 aromatic rings. The molecule has 172 valence electrons. The Hall–Kier alpha value is -3.87. The van der Waals surface area contributed by atoms with E-state index in [1.165, 1.54) is 16.8 Å². The third-order valence-corrected chi connectivity index (χ3v) is 4.71. The van der Waals surface area contributed by atoms with E-state index in [-0.39, 0.29) is 18.7 Å². The minimum atomic E-state index is -0.902. The van der Waals surface area contributed by atoms with Crippen molar-refractivity contribution in [1.82, 2.24) is 4.57 Å². The van der Waals surface area contributed by atoms with Crippen molar-refractivity contribution < 1.29 is 19.1 Å². The molecule has 0 aliphatic carbocycles. The number of nitrogens with zero attached hydrogens (tertiary/aromatic N) is 1. The van der Waals surface area contributed by atoms with Crippen LogP contribution in [-0.2, 0) is 27.3 Å². The van der Waals surface area contributed by atoms with Gasteiger partial charge in [0, 0.05) is 12.6 Å². The molecule has 7 heteroatoms. The van der Waals surface area contributed by atoms with Crippen LogP contribution in [0.25, 0.3) is 0 Å². The van der Waals surface area contributed by atoms with Gasteiger partial charge in [-0.2, -0.15) is 0 Å². The molecule has 1 heterocycles. The van der Waals surface area contributed by atoms with E-state index in [1.54, 1.807) is 26.8 Å². The first kappa shape index (κ1) is 23.8. The zero-order valence-corrected chi connectivity index (χ0v) is 19.0. The first-order valence-electron chi connectivity index (χ1n) is 10.7. The van der Waals surface area contributed by atoms with Crippen LogP contribution in [0.2, 0.25) is 0 Å². The number of nitrogens with one attached hydrogen (secondary N) is 1. The largest absolute Gasteiger partial charge is 0.458 e. The maximum absolute atomic E-state index is 13.2. The Labute approximate surface area is 193 Å². The van der Waals surface area contributed by atoms with Gasteiger partial charge in [-0.15, -0.1) is 0 Å². The molecule has 1 amide bonds. The topological polar surface area (TPSA) is 86.6 Å². The summed E-state index contributed by atoms with van der Waals surface area (Å²) in [6.45, 7) is 5.39. The lowest BCUT2D eigenvalue weighted by atomic mass is 10.0. The van der Waals surface area contributed by atoms with E-state index in [2.05, 4.69) is 5.32 Å². The van der Waals surface area contributed by atoms with E-state index >= 15 is 0 Å². The van der Waals surface area contributed by atoms with Crippen molar-refractivity contribution in [3.8, 4) is 0 Å². The minimum Gasteiger partial charge on any atom is -0.458 e. The molecule has 2 aromatic carbocycles. The van der Waals surface area contributed by atoms with Crippen LogP contribution in [0.5, 0.6) is 0 Å². The van der Waals surface area contributed by atoms with Crippen LogP contribution < -0.4 is 10.9 Å². The lowest BCUT2D eigenvalue weighted by molar-refractivity contribution is -0.159. The number of pyridine rings is 1. The van der Waals surface area contributed by atoms with Crippen molar-refractivity contribution in [3.63, 3.8) is 0 Å². The minimum absolute atomic E-state index is 0.0113. The van der Waals surface area contributed by atoms with Crippen molar-refractivity contribution in [2.75, 3.05) is 5.32 Å². The fourth-order valence-electron chi connectivity index (χ4n) is 3.22. The number of esters is 1. The van der Waals surface area contributed by atoms with Gasteiger partial charge in [0.15, 0.2) is 0 Å². The zero-order valence-electron chi connectivity index (χ0n) is 19.0. The molecule has 0 saturated heterocycles. The van der Waals surface area contributed by atoms with Gasteiger partial charge in [0.1, 0.15) is 23.9 Å². The monoisotopic (exact) mass is 448 g/mol. The van der Waals surface area contributed by atoms with Crippen LogP contribution in [0.15, 0.2) is 83.8 Å². The molecule has 0 saturated carbocycles. The van der Waals surface area contributed by atoms with Crippen molar-refractivity contribution in [2.45, 2.75) is 45.4 Å². The number of benzene rings is 2. The van der Waals surface area contributed by atoms with Gasteiger partial charge in [-0.25, -0.2) is 9.59 Å². The SMILES string of the molecule is CC(C)(C)OC(=O)[C@H](Cc1ccccc1)n1cccc(NC(=O)OCc2ccccc2)c1=O. The van der Waals surface area contributed by atoms with E-state index in [9.17, 15) is 14.4 Å². The predicted molar refractivity (Wildman–Crippen MR) is 126 cm³/mol. The Morgan fingerprint density at radius 3 is 2.12 bits per heavy atom. The number of rotatable bonds is 7. The molecule has 0 fully saturated rings. The highest BCUT2D eigenvalue weighted by molar-refractivity contribution is 5.84. The summed E-state index contributed by atoms with van der Waals surface area (Å²) in [7, 11) is 0. The van der Waals surface area contributed by atoms with Gasteiger partial charge in [-0.1, -0.05) is 60.7 Å². The summed E-state index contributed by atoms with van der Waals surface area (Å²) in [6, 6.07) is 20.7. The molecule has 7 nitrogen and oxygen atoms in total. The summed E-state index contributed by atoms with van der Waals surface area (Å²) in [5, 5.41) is 2.48. The molecule has 3 rings (SSSR count). The third kappa shape index (κ3) is 7.07. The number of aromatic nitrogens is 1. The van der Waals surface area contributed by atoms with Crippen LogP contribution in [0, 0.1) is 0 Å². The van der Waals surface area contributed by atoms with E-state index in [0.29, 0.717) is 0 Å². The summed E-state index contributed by atoms with van der Waals surface area (Å²) < 4.78 is 12.1. The lowest BCUT2D eigenvalue weighted by Gasteiger charge is -2.25. The third-order valence-electron chi connectivity index (χ3n) is 4.71. The average Bonchev–Trinajstić information content (AvgIpc) is 2.78. The number of ether oxygens (including phenoxy) is 2. The van der Waals surface area contributed by atoms with Gasteiger partial charge in [0.2, 0.25) is 0 Å². The van der Waals surface area contributed by atoms with Gasteiger partial charge in [0.05, 0.1) is 0 Å². The van der Waals surface area contributed by atoms with E-state index in [1.807, 2.05) is 60.7 Å². The number of hydrogen-bond acceptors (Lipinski definition) is 5. The Balaban J connectivity index is 1.82. The smallest absolute Gasteiger partial charge is 0.412 e. The second-order valence-corrected chi connectivity index (χ2v) is 8.56. The quantitative estimate of drug-likeness (QED) is 0.529. The Morgan fingerprint density at radius 2 is 1.52 bits per heavy atom. The summed E-state index contributed by atoms with van der Waals surface area (Å²) in [5.74, 6) is -0.530. The van der Waals surface area contributed by atoms with E-state index in [0.717, 1.165) is 11.1 Å². The maximum Gasteiger partial charge on any atom is 0.412 e. The summed E-state index contributed by atoms with van der Waals surface area (Å²) in [6.07, 6.45) is 1.02. The second-order valence-electron chi connectivity index (χ2n) is 8.56. The Bertz CT molecular complexity index is 1130. The number of amides is 1. The lowest BCUT2D eigenvalue weighted by Crippen LogP contribution is -2.37. The van der Waals surface area contributed by atoms with Crippen molar-refractivity contribution in [3.05, 3.63) is 100 Å². The van der Waals surface area contributed by atoms with E-state index < -0.39 is 29.3 Å². The number of hydrogen-bond donors (Lipinski definition) is 1. The Kier molecular flexibility index (Phi) is 7.66. The predicted octanol–water partition coefficient (Wildman–Crippen LogP) is 4.72. The van der Waals surface area contributed by atoms with Crippen LogP contribution in [0.3, 0.4) is 0 Å². The van der Waals surface area contributed by atoms with Gasteiger partial charge in [-0.3, -0.25) is 14.7 Å². The molecule has 0 spiro atoms. The first-order chi connectivity index (χ1) is 15.7. The molecule has 0 bridgehead atoms. The molecule has 1 N–H and O–H groups in total. The van der Waals surface area contributed by atoms with Gasteiger partial charge < -0.3 is 9.47 Å². The Morgan fingerprint density at radius 1 is 0.909 bits per heavy atom. The van der Waals surface area contributed by atoms with E-state index in [4.69, 9.17) is 9.47 Å². The highest BCUT2D eigenvalue weighted by atomic mass is 16.6. The van der Waals surface area contributed by atoms with Crippen molar-refractivity contribution in [1.29, 1.82) is 0 Å². The number of anilines is 1. The molecular weight excluding hydrogens is 420 g/mol. The average molecular weight is 449 g/mol. The molecule has 33 heavy (non-hydrogen) atoms. The highest BCUT2D eigenvalue weighted by Crippen LogP contribution is 2.19. The number of carbonyl (C=O) groups excluding carboxylic acids is 2. The van der Waals surface area contributed by atoms with Gasteiger partial charge in [-0.05, 0) is 44.0 Å². The zero-order chi connectivity index (χ0) is 23.8. The maximum atomic E-state index is 13.2. The number of carbonyl (C=O) groups is 2. The fourth-order valence-corrected chi connectivity index (χ4v) is 3.22. The summed E-state index contributed by atoms with van der Waals surface area (Å²) >= 11 is 0. The molecule has 1 atom stereocenters. The van der Waals surface area contributed by atoms with Gasteiger partial charge in [0.25, 0.3) is 5.56 Å². The second kappa shape index (κ2) is 10.6. The fraction of sp³-hybridized carbons (Fsp3) is 0.269. The summed E-state index contributed by atoms with van der Waals surface area (Å²) in [4.78, 5) is 38.4. The van der Waals surface area contributed by atoms with Crippen LogP contribution in [0.4, 0.5) is 10.5 Å². The molecule has 0 aliphatic heterocycles. The molecule has 0 radical (unpaired) electrons. The molecule has 0 aliphatic rings. The first-order valence-corrected chi connectivity index (χ1v) is 10.7. The molecule has 1 aromatic heterocycles. The normalized spacial score (nSPS) is 12.0. The standard InChI is InChI=1S/C26H28N2O5/c1-26(2,3)33-24(30)22(17-19-11-6-4-7-12-19)28-16-10-15-21(23(28)29)27-25(31)32-18-20-13-8-5-9-14-20/h4-16,22H,17-18H2,1-3H3,(H,27,31)/t22-/m0/s1. The molecule has 0 unspecified atom stereocenters. The van der Waals surface area contributed by atoms with Crippen LogP contribution in [0.1, 0.15) is 37.9 Å².